The van der Waals surface area contributed by atoms with Crippen LogP contribution in [0.25, 0.3) is 0 Å². The summed E-state index contributed by atoms with van der Waals surface area (Å²) < 4.78 is 5.43. The maximum atomic E-state index is 5.43. The molecule has 2 aliphatic rings. The fourth-order valence-electron chi connectivity index (χ4n) is 3.20. The number of hydrogen-bond acceptors (Lipinski definition) is 4. The van der Waals surface area contributed by atoms with E-state index in [9.17, 15) is 0 Å². The molecule has 4 nitrogen and oxygen atoms in total. The van der Waals surface area contributed by atoms with E-state index < -0.39 is 0 Å². The Morgan fingerprint density at radius 3 is 2.83 bits per heavy atom. The van der Waals surface area contributed by atoms with Crippen molar-refractivity contribution in [2.24, 2.45) is 5.41 Å². The average Bonchev–Trinajstić information content (AvgIpc) is 2.69. The summed E-state index contributed by atoms with van der Waals surface area (Å²) in [6, 6.07) is 0.403. The highest BCUT2D eigenvalue weighted by Gasteiger charge is 2.58. The Morgan fingerprint density at radius 2 is 2.17 bits per heavy atom. The molecule has 0 amide bonds. The number of nitrogens with one attached hydrogen (secondary N) is 1. The van der Waals surface area contributed by atoms with Crippen molar-refractivity contribution >= 4 is 12.4 Å². The van der Waals surface area contributed by atoms with Crippen molar-refractivity contribution < 1.29 is 4.52 Å². The second kappa shape index (κ2) is 5.17. The van der Waals surface area contributed by atoms with E-state index in [0.717, 1.165) is 18.1 Å². The van der Waals surface area contributed by atoms with Gasteiger partial charge >= 0.3 is 0 Å². The van der Waals surface area contributed by atoms with Gasteiger partial charge in [-0.1, -0.05) is 18.0 Å². The number of halogens is 1. The first-order valence-electron chi connectivity index (χ1n) is 6.73. The zero-order chi connectivity index (χ0) is 11.9. The molecule has 1 N–H and O–H groups in total. The maximum absolute atomic E-state index is 5.43. The first-order valence-corrected chi connectivity index (χ1v) is 6.73. The van der Waals surface area contributed by atoms with Crippen LogP contribution in [0.4, 0.5) is 0 Å². The van der Waals surface area contributed by atoms with Crippen molar-refractivity contribution in [3.05, 3.63) is 11.7 Å². The summed E-state index contributed by atoms with van der Waals surface area (Å²) in [5, 5.41) is 7.29. The number of aromatic nitrogens is 2. The Hall–Kier alpha value is -0.610. The van der Waals surface area contributed by atoms with Crippen LogP contribution in [0, 0.1) is 5.41 Å². The smallest absolute Gasteiger partial charge is 0.230 e. The monoisotopic (exact) mass is 271 g/mol. The Bertz CT molecular complexity index is 401. The molecule has 2 unspecified atom stereocenters. The number of hydrogen-bond donors (Lipinski definition) is 1. The number of rotatable bonds is 4. The minimum Gasteiger partial charge on any atom is -0.339 e. The first kappa shape index (κ1) is 13.8. The lowest BCUT2D eigenvalue weighted by molar-refractivity contribution is 0.354. The predicted octanol–water partition coefficient (Wildman–Crippen LogP) is 2.69. The fourth-order valence-corrected chi connectivity index (χ4v) is 3.20. The summed E-state index contributed by atoms with van der Waals surface area (Å²) in [5.74, 6) is 2.31. The van der Waals surface area contributed by atoms with Gasteiger partial charge in [0.15, 0.2) is 5.82 Å². The van der Waals surface area contributed by atoms with Gasteiger partial charge in [0, 0.05) is 18.4 Å². The second-order valence-electron chi connectivity index (χ2n) is 5.77. The predicted molar refractivity (Wildman–Crippen MR) is 72.0 cm³/mol. The van der Waals surface area contributed by atoms with Crippen LogP contribution in [0.1, 0.15) is 56.7 Å². The van der Waals surface area contributed by atoms with Crippen LogP contribution in [-0.2, 0) is 6.42 Å². The Balaban J connectivity index is 0.00000120. The van der Waals surface area contributed by atoms with Gasteiger partial charge in [-0.3, -0.25) is 0 Å². The molecule has 102 valence electrons. The van der Waals surface area contributed by atoms with Crippen LogP contribution in [0.3, 0.4) is 0 Å². The van der Waals surface area contributed by atoms with Crippen molar-refractivity contribution in [1.29, 1.82) is 0 Å². The molecule has 2 atom stereocenters. The van der Waals surface area contributed by atoms with Crippen LogP contribution in [-0.4, -0.2) is 23.2 Å². The molecule has 0 bridgehead atoms. The van der Waals surface area contributed by atoms with Crippen LogP contribution in [0.2, 0.25) is 0 Å². The van der Waals surface area contributed by atoms with Crippen molar-refractivity contribution in [2.45, 2.75) is 57.4 Å². The zero-order valence-corrected chi connectivity index (χ0v) is 11.9. The van der Waals surface area contributed by atoms with Crippen LogP contribution in [0.15, 0.2) is 4.52 Å². The number of likely N-dealkylation sites (N-methyl/N-ethyl adjacent to an activating group) is 1. The molecule has 0 radical (unpaired) electrons. The summed E-state index contributed by atoms with van der Waals surface area (Å²) in [7, 11) is 1.96. The van der Waals surface area contributed by atoms with E-state index in [1.807, 2.05) is 7.05 Å². The zero-order valence-electron chi connectivity index (χ0n) is 11.1. The summed E-state index contributed by atoms with van der Waals surface area (Å²) in [5.41, 5.74) is 0.554. The highest BCUT2D eigenvalue weighted by Crippen LogP contribution is 2.67. The van der Waals surface area contributed by atoms with Gasteiger partial charge in [0.25, 0.3) is 0 Å². The lowest BCUT2D eigenvalue weighted by Crippen LogP contribution is -2.24. The molecule has 3 rings (SSSR count). The molecule has 1 aromatic heterocycles. The standard InChI is InChI=1S/C13H21N3O.ClH/c1-9(14-2)7-11-15-12(17-16-11)10-8-13(10)5-3-4-6-13;/h9-10,14H,3-8H2,1-2H3;1H. The van der Waals surface area contributed by atoms with Gasteiger partial charge in [0.2, 0.25) is 5.89 Å². The quantitative estimate of drug-likeness (QED) is 0.915. The minimum atomic E-state index is 0. The van der Waals surface area contributed by atoms with Crippen LogP contribution < -0.4 is 5.32 Å². The van der Waals surface area contributed by atoms with Crippen molar-refractivity contribution in [3.63, 3.8) is 0 Å². The Labute approximate surface area is 114 Å². The molecule has 0 saturated heterocycles. The highest BCUT2D eigenvalue weighted by molar-refractivity contribution is 5.85. The van der Waals surface area contributed by atoms with E-state index >= 15 is 0 Å². The third kappa shape index (κ3) is 2.41. The van der Waals surface area contributed by atoms with Gasteiger partial charge in [-0.15, -0.1) is 12.4 Å². The van der Waals surface area contributed by atoms with Gasteiger partial charge < -0.3 is 9.84 Å². The van der Waals surface area contributed by atoms with E-state index in [1.54, 1.807) is 0 Å². The summed E-state index contributed by atoms with van der Waals surface area (Å²) in [4.78, 5) is 4.56. The normalized spacial score (nSPS) is 26.0. The molecule has 2 saturated carbocycles. The van der Waals surface area contributed by atoms with Crippen molar-refractivity contribution in [1.82, 2.24) is 15.5 Å². The average molecular weight is 272 g/mol. The van der Waals surface area contributed by atoms with Gasteiger partial charge in [-0.25, -0.2) is 0 Å². The van der Waals surface area contributed by atoms with Crippen LogP contribution in [0.5, 0.6) is 0 Å². The van der Waals surface area contributed by atoms with E-state index in [4.69, 9.17) is 4.52 Å². The lowest BCUT2D eigenvalue weighted by atomic mass is 10.0. The van der Waals surface area contributed by atoms with Gasteiger partial charge in [-0.05, 0) is 38.6 Å². The molecule has 1 aromatic rings. The summed E-state index contributed by atoms with van der Waals surface area (Å²) in [6.45, 7) is 2.13. The van der Waals surface area contributed by atoms with E-state index in [-0.39, 0.29) is 12.4 Å². The Kier molecular flexibility index (Phi) is 3.97. The molecular formula is C13H22ClN3O. The highest BCUT2D eigenvalue weighted by atomic mass is 35.5. The molecule has 0 aromatic carbocycles. The third-order valence-electron chi connectivity index (χ3n) is 4.55. The maximum Gasteiger partial charge on any atom is 0.230 e. The molecular weight excluding hydrogens is 250 g/mol. The van der Waals surface area contributed by atoms with Crippen molar-refractivity contribution in [3.8, 4) is 0 Å². The largest absolute Gasteiger partial charge is 0.339 e. The lowest BCUT2D eigenvalue weighted by Gasteiger charge is -2.05. The minimum absolute atomic E-state index is 0. The SMILES string of the molecule is CNC(C)Cc1noc(C2CC23CCCC3)n1.Cl. The molecule has 5 heteroatoms. The topological polar surface area (TPSA) is 51.0 Å². The molecule has 2 fully saturated rings. The number of nitrogens with zero attached hydrogens (tertiary/aromatic N) is 2. The van der Waals surface area contributed by atoms with Crippen LogP contribution >= 0.6 is 12.4 Å². The Morgan fingerprint density at radius 1 is 1.44 bits per heavy atom. The molecule has 1 heterocycles. The molecule has 1 spiro atoms. The third-order valence-corrected chi connectivity index (χ3v) is 4.55. The molecule has 0 aliphatic heterocycles. The summed E-state index contributed by atoms with van der Waals surface area (Å²) >= 11 is 0. The van der Waals surface area contributed by atoms with E-state index in [1.165, 1.54) is 32.1 Å². The van der Waals surface area contributed by atoms with E-state index in [0.29, 0.717) is 17.4 Å². The molecule has 18 heavy (non-hydrogen) atoms. The summed E-state index contributed by atoms with van der Waals surface area (Å²) in [6.07, 6.45) is 7.61. The van der Waals surface area contributed by atoms with Crippen molar-refractivity contribution in [2.75, 3.05) is 7.05 Å². The van der Waals surface area contributed by atoms with Gasteiger partial charge in [0.05, 0.1) is 0 Å². The van der Waals surface area contributed by atoms with Gasteiger partial charge in [0.1, 0.15) is 0 Å². The second-order valence-corrected chi connectivity index (χ2v) is 5.77. The van der Waals surface area contributed by atoms with Gasteiger partial charge in [-0.2, -0.15) is 4.98 Å². The van der Waals surface area contributed by atoms with E-state index in [2.05, 4.69) is 22.4 Å². The first-order chi connectivity index (χ1) is 8.23. The fraction of sp³-hybridized carbons (Fsp3) is 0.846. The molecule has 2 aliphatic carbocycles.